The molecule has 14 heavy (non-hydrogen) atoms. The summed E-state index contributed by atoms with van der Waals surface area (Å²) in [5.74, 6) is 0. The molecule has 0 saturated heterocycles. The summed E-state index contributed by atoms with van der Waals surface area (Å²) in [6.45, 7) is 4.08. The molecule has 0 fully saturated rings. The van der Waals surface area contributed by atoms with Gasteiger partial charge in [-0.05, 0) is 26.0 Å². The van der Waals surface area contributed by atoms with Crippen LogP contribution in [0.25, 0.3) is 0 Å². The highest BCUT2D eigenvalue weighted by Gasteiger charge is 2.10. The van der Waals surface area contributed by atoms with Gasteiger partial charge in [0, 0.05) is 17.0 Å². The molecule has 1 aromatic heterocycles. The molecule has 3 nitrogen and oxygen atoms in total. The van der Waals surface area contributed by atoms with Gasteiger partial charge in [-0.15, -0.1) is 11.3 Å². The third kappa shape index (κ3) is 2.81. The van der Waals surface area contributed by atoms with Crippen LogP contribution in [0.15, 0.2) is 12.1 Å². The fourth-order valence-electron chi connectivity index (χ4n) is 1.21. The van der Waals surface area contributed by atoms with E-state index in [2.05, 4.69) is 11.4 Å². The van der Waals surface area contributed by atoms with Crippen molar-refractivity contribution in [1.82, 2.24) is 5.32 Å². The van der Waals surface area contributed by atoms with Crippen molar-refractivity contribution in [3.8, 4) is 6.07 Å². The summed E-state index contributed by atoms with van der Waals surface area (Å²) in [6.07, 6.45) is 0. The number of hydrogen-bond acceptors (Lipinski definition) is 4. The largest absolute Gasteiger partial charge is 0.395 e. The number of hydrogen-bond donors (Lipinski definition) is 2. The molecule has 4 heteroatoms. The van der Waals surface area contributed by atoms with Crippen molar-refractivity contribution in [2.45, 2.75) is 25.9 Å². The maximum atomic E-state index is 8.87. The minimum absolute atomic E-state index is 0.0811. The molecule has 0 amide bonds. The van der Waals surface area contributed by atoms with E-state index in [0.29, 0.717) is 0 Å². The summed E-state index contributed by atoms with van der Waals surface area (Å²) in [5, 5.41) is 20.8. The Labute approximate surface area is 88.0 Å². The van der Waals surface area contributed by atoms with Crippen LogP contribution in [-0.2, 0) is 0 Å². The van der Waals surface area contributed by atoms with Gasteiger partial charge < -0.3 is 10.4 Å². The lowest BCUT2D eigenvalue weighted by Gasteiger charge is -2.16. The lowest BCUT2D eigenvalue weighted by molar-refractivity contribution is 0.243. The molecule has 0 spiro atoms. The van der Waals surface area contributed by atoms with Gasteiger partial charge in [-0.3, -0.25) is 0 Å². The van der Waals surface area contributed by atoms with Crippen LogP contribution in [-0.4, -0.2) is 17.8 Å². The molecule has 0 saturated carbocycles. The van der Waals surface area contributed by atoms with Gasteiger partial charge in [0.1, 0.15) is 10.9 Å². The number of rotatable bonds is 4. The van der Waals surface area contributed by atoms with Crippen LogP contribution in [0.4, 0.5) is 0 Å². The first kappa shape index (κ1) is 11.2. The monoisotopic (exact) mass is 210 g/mol. The third-order valence-corrected chi connectivity index (χ3v) is 3.14. The molecule has 1 aromatic rings. The zero-order valence-corrected chi connectivity index (χ0v) is 9.14. The van der Waals surface area contributed by atoms with Gasteiger partial charge >= 0.3 is 0 Å². The number of nitrogens with one attached hydrogen (secondary N) is 1. The summed E-state index contributed by atoms with van der Waals surface area (Å²) in [7, 11) is 0. The molecule has 1 rings (SSSR count). The summed E-state index contributed by atoms with van der Waals surface area (Å²) in [6, 6.07) is 6.15. The Morgan fingerprint density at radius 2 is 2.29 bits per heavy atom. The van der Waals surface area contributed by atoms with E-state index in [1.54, 1.807) is 0 Å². The van der Waals surface area contributed by atoms with E-state index in [4.69, 9.17) is 10.4 Å². The second-order valence-corrected chi connectivity index (χ2v) is 4.40. The number of thiophene rings is 1. The molecule has 0 aliphatic heterocycles. The minimum Gasteiger partial charge on any atom is -0.395 e. The Hall–Kier alpha value is -0.890. The molecule has 76 valence electrons. The Balaban J connectivity index is 2.61. The number of aliphatic hydroxyl groups is 1. The predicted molar refractivity (Wildman–Crippen MR) is 57.1 cm³/mol. The van der Waals surface area contributed by atoms with Crippen molar-refractivity contribution in [3.05, 3.63) is 21.9 Å². The van der Waals surface area contributed by atoms with Crippen LogP contribution < -0.4 is 5.32 Å². The van der Waals surface area contributed by atoms with Crippen LogP contribution in [0.2, 0.25) is 0 Å². The summed E-state index contributed by atoms with van der Waals surface area (Å²) < 4.78 is 0. The number of aliphatic hydroxyl groups excluding tert-OH is 1. The number of nitrogens with zero attached hydrogens (tertiary/aromatic N) is 1. The van der Waals surface area contributed by atoms with E-state index in [1.807, 2.05) is 26.0 Å². The Morgan fingerprint density at radius 1 is 1.57 bits per heavy atom. The van der Waals surface area contributed by atoms with Crippen molar-refractivity contribution in [1.29, 1.82) is 5.26 Å². The average Bonchev–Trinajstić information content (AvgIpc) is 2.65. The zero-order chi connectivity index (χ0) is 10.6. The fraction of sp³-hybridized carbons (Fsp3) is 0.500. The standard InChI is InChI=1S/C10H14N2OS/c1-7(6-13)12-8(2)10-4-3-9(5-11)14-10/h3-4,7-8,12-13H,6H2,1-2H3. The van der Waals surface area contributed by atoms with E-state index >= 15 is 0 Å². The first-order valence-electron chi connectivity index (χ1n) is 4.54. The van der Waals surface area contributed by atoms with Gasteiger partial charge in [0.2, 0.25) is 0 Å². The SMILES string of the molecule is CC(CO)NC(C)c1ccc(C#N)s1. The highest BCUT2D eigenvalue weighted by Crippen LogP contribution is 2.22. The molecule has 0 bridgehead atoms. The normalized spacial score (nSPS) is 14.7. The fourth-order valence-corrected chi connectivity index (χ4v) is 2.02. The summed E-state index contributed by atoms with van der Waals surface area (Å²) in [5.41, 5.74) is 0. The maximum absolute atomic E-state index is 8.87. The average molecular weight is 210 g/mol. The minimum atomic E-state index is 0.0811. The first-order chi connectivity index (χ1) is 6.67. The quantitative estimate of drug-likeness (QED) is 0.794. The zero-order valence-electron chi connectivity index (χ0n) is 8.32. The van der Waals surface area contributed by atoms with Gasteiger partial charge in [0.25, 0.3) is 0 Å². The summed E-state index contributed by atoms with van der Waals surface area (Å²) in [4.78, 5) is 1.85. The molecule has 2 N–H and O–H groups in total. The van der Waals surface area contributed by atoms with Crippen molar-refractivity contribution >= 4 is 11.3 Å². The van der Waals surface area contributed by atoms with Crippen LogP contribution in [0.1, 0.15) is 29.6 Å². The van der Waals surface area contributed by atoms with Gasteiger partial charge in [-0.1, -0.05) is 0 Å². The smallest absolute Gasteiger partial charge is 0.110 e. The second-order valence-electron chi connectivity index (χ2n) is 3.29. The van der Waals surface area contributed by atoms with Gasteiger partial charge in [-0.25, -0.2) is 0 Å². The van der Waals surface area contributed by atoms with Crippen LogP contribution in [0.5, 0.6) is 0 Å². The third-order valence-electron chi connectivity index (χ3n) is 1.97. The van der Waals surface area contributed by atoms with Gasteiger partial charge in [0.05, 0.1) is 6.61 Å². The molecule has 2 unspecified atom stereocenters. The van der Waals surface area contributed by atoms with Crippen molar-refractivity contribution in [2.75, 3.05) is 6.61 Å². The lowest BCUT2D eigenvalue weighted by atomic mass is 10.2. The highest BCUT2D eigenvalue weighted by atomic mass is 32.1. The van der Waals surface area contributed by atoms with E-state index in [-0.39, 0.29) is 18.7 Å². The van der Waals surface area contributed by atoms with Crippen molar-refractivity contribution in [3.63, 3.8) is 0 Å². The van der Waals surface area contributed by atoms with Crippen LogP contribution >= 0.6 is 11.3 Å². The Morgan fingerprint density at radius 3 is 2.79 bits per heavy atom. The van der Waals surface area contributed by atoms with Crippen molar-refractivity contribution in [2.24, 2.45) is 0 Å². The molecule has 0 aromatic carbocycles. The maximum Gasteiger partial charge on any atom is 0.110 e. The Kier molecular flexibility index (Phi) is 4.08. The first-order valence-corrected chi connectivity index (χ1v) is 5.35. The molecule has 0 aliphatic carbocycles. The van der Waals surface area contributed by atoms with E-state index < -0.39 is 0 Å². The van der Waals surface area contributed by atoms with E-state index in [1.165, 1.54) is 11.3 Å². The van der Waals surface area contributed by atoms with Crippen LogP contribution in [0, 0.1) is 11.3 Å². The molecular weight excluding hydrogens is 196 g/mol. The second kappa shape index (κ2) is 5.11. The molecule has 2 atom stereocenters. The van der Waals surface area contributed by atoms with E-state index in [0.717, 1.165) is 9.75 Å². The Bertz CT molecular complexity index is 329. The highest BCUT2D eigenvalue weighted by molar-refractivity contribution is 7.12. The number of nitriles is 1. The molecular formula is C10H14N2OS. The lowest BCUT2D eigenvalue weighted by Crippen LogP contribution is -2.31. The molecule has 1 heterocycles. The van der Waals surface area contributed by atoms with Crippen molar-refractivity contribution < 1.29 is 5.11 Å². The van der Waals surface area contributed by atoms with E-state index in [9.17, 15) is 0 Å². The predicted octanol–water partition coefficient (Wildman–Crippen LogP) is 1.65. The molecule has 0 radical (unpaired) electrons. The molecule has 0 aliphatic rings. The van der Waals surface area contributed by atoms with Gasteiger partial charge in [0.15, 0.2) is 0 Å². The topological polar surface area (TPSA) is 56.0 Å². The van der Waals surface area contributed by atoms with Gasteiger partial charge in [-0.2, -0.15) is 5.26 Å². The van der Waals surface area contributed by atoms with Crippen LogP contribution in [0.3, 0.4) is 0 Å². The summed E-state index contributed by atoms with van der Waals surface area (Å²) >= 11 is 1.49.